The Hall–Kier alpha value is -3.01. The third-order valence-corrected chi connectivity index (χ3v) is 5.41. The smallest absolute Gasteiger partial charge is 0.409 e. The van der Waals surface area contributed by atoms with Gasteiger partial charge in [0.15, 0.2) is 5.13 Å². The molecule has 0 saturated carbocycles. The van der Waals surface area contributed by atoms with Crippen molar-refractivity contribution in [3.05, 3.63) is 46.7 Å². The zero-order valence-corrected chi connectivity index (χ0v) is 17.3. The van der Waals surface area contributed by atoms with Crippen LogP contribution in [0.5, 0.6) is 0 Å². The minimum absolute atomic E-state index is 0.000499. The number of nitrogens with zero attached hydrogens (tertiary/aromatic N) is 2. The zero-order valence-electron chi connectivity index (χ0n) is 16.5. The molecular formula is C20H23FN4O4S. The van der Waals surface area contributed by atoms with Gasteiger partial charge in [0.1, 0.15) is 5.82 Å². The van der Waals surface area contributed by atoms with Crippen molar-refractivity contribution in [2.24, 2.45) is 0 Å². The largest absolute Gasteiger partial charge is 0.450 e. The molecule has 1 saturated heterocycles. The summed E-state index contributed by atoms with van der Waals surface area (Å²) in [5, 5.41) is 7.69. The van der Waals surface area contributed by atoms with Gasteiger partial charge in [-0.1, -0.05) is 0 Å². The van der Waals surface area contributed by atoms with E-state index in [9.17, 15) is 18.8 Å². The first-order valence-corrected chi connectivity index (χ1v) is 10.5. The molecule has 1 fully saturated rings. The molecule has 30 heavy (non-hydrogen) atoms. The minimum Gasteiger partial charge on any atom is -0.450 e. The molecule has 160 valence electrons. The van der Waals surface area contributed by atoms with Crippen LogP contribution in [0.4, 0.5) is 14.3 Å². The fourth-order valence-corrected chi connectivity index (χ4v) is 3.79. The van der Waals surface area contributed by atoms with Crippen molar-refractivity contribution in [1.82, 2.24) is 15.2 Å². The van der Waals surface area contributed by atoms with Gasteiger partial charge in [-0.3, -0.25) is 14.9 Å². The van der Waals surface area contributed by atoms with Crippen molar-refractivity contribution in [1.29, 1.82) is 0 Å². The highest BCUT2D eigenvalue weighted by atomic mass is 32.1. The van der Waals surface area contributed by atoms with E-state index in [2.05, 4.69) is 15.6 Å². The third kappa shape index (κ3) is 5.99. The summed E-state index contributed by atoms with van der Waals surface area (Å²) in [4.78, 5) is 42.1. The lowest BCUT2D eigenvalue weighted by molar-refractivity contribution is -0.121. The number of hydrogen-bond donors (Lipinski definition) is 2. The van der Waals surface area contributed by atoms with Gasteiger partial charge in [-0.25, -0.2) is 14.2 Å². The molecule has 0 spiro atoms. The number of benzene rings is 1. The number of thiazole rings is 1. The molecule has 10 heteroatoms. The molecule has 2 heterocycles. The van der Waals surface area contributed by atoms with Crippen LogP contribution < -0.4 is 10.6 Å². The number of carbonyl (C=O) groups is 3. The van der Waals surface area contributed by atoms with E-state index in [0.29, 0.717) is 48.9 Å². The van der Waals surface area contributed by atoms with Crippen molar-refractivity contribution >= 4 is 34.4 Å². The molecule has 1 aromatic heterocycles. The predicted molar refractivity (Wildman–Crippen MR) is 110 cm³/mol. The predicted octanol–water partition coefficient (Wildman–Crippen LogP) is 2.81. The quantitative estimate of drug-likeness (QED) is 0.728. The molecule has 3 rings (SSSR count). The van der Waals surface area contributed by atoms with Gasteiger partial charge in [0.2, 0.25) is 5.91 Å². The maximum Gasteiger partial charge on any atom is 0.409 e. The van der Waals surface area contributed by atoms with Gasteiger partial charge in [0.25, 0.3) is 5.91 Å². The molecule has 0 unspecified atom stereocenters. The molecule has 0 radical (unpaired) electrons. The van der Waals surface area contributed by atoms with Gasteiger partial charge < -0.3 is 15.0 Å². The van der Waals surface area contributed by atoms with Gasteiger partial charge in [0.05, 0.1) is 18.7 Å². The van der Waals surface area contributed by atoms with Gasteiger partial charge >= 0.3 is 6.09 Å². The minimum atomic E-state index is -0.416. The van der Waals surface area contributed by atoms with E-state index in [4.69, 9.17) is 4.74 Å². The Balaban J connectivity index is 1.44. The Morgan fingerprint density at radius 3 is 2.60 bits per heavy atom. The summed E-state index contributed by atoms with van der Waals surface area (Å²) in [5.41, 5.74) is 0.871. The summed E-state index contributed by atoms with van der Waals surface area (Å²) in [6.07, 6.45) is 1.11. The van der Waals surface area contributed by atoms with Gasteiger partial charge in [0, 0.05) is 30.1 Å². The molecule has 0 bridgehead atoms. The van der Waals surface area contributed by atoms with Crippen LogP contribution >= 0.6 is 11.3 Å². The van der Waals surface area contributed by atoms with Crippen molar-refractivity contribution < 1.29 is 23.5 Å². The number of piperidine rings is 1. The monoisotopic (exact) mass is 434 g/mol. The van der Waals surface area contributed by atoms with Gasteiger partial charge in [-0.05, 0) is 44.0 Å². The highest BCUT2D eigenvalue weighted by molar-refractivity contribution is 7.14. The van der Waals surface area contributed by atoms with Crippen LogP contribution in [0.2, 0.25) is 0 Å². The molecule has 1 aliphatic heterocycles. The van der Waals surface area contributed by atoms with Crippen LogP contribution in [0.3, 0.4) is 0 Å². The lowest BCUT2D eigenvalue weighted by atomic mass is 10.1. The molecule has 8 nitrogen and oxygen atoms in total. The molecule has 3 amide bonds. The highest BCUT2D eigenvalue weighted by Crippen LogP contribution is 2.18. The second kappa shape index (κ2) is 10.1. The van der Waals surface area contributed by atoms with Crippen molar-refractivity contribution in [2.45, 2.75) is 32.2 Å². The average Bonchev–Trinajstić information content (AvgIpc) is 3.15. The van der Waals surface area contributed by atoms with Crippen LogP contribution in [-0.4, -0.2) is 53.5 Å². The van der Waals surface area contributed by atoms with Gasteiger partial charge in [-0.2, -0.15) is 0 Å². The number of carbonyl (C=O) groups excluding carboxylic acids is 3. The van der Waals surface area contributed by atoms with Crippen LogP contribution in [0, 0.1) is 5.82 Å². The number of halogens is 1. The molecule has 1 aliphatic rings. The Kier molecular flexibility index (Phi) is 7.34. The number of nitrogens with one attached hydrogen (secondary N) is 2. The van der Waals surface area contributed by atoms with Gasteiger partial charge in [-0.15, -0.1) is 11.3 Å². The second-order valence-electron chi connectivity index (χ2n) is 6.81. The van der Waals surface area contributed by atoms with Crippen LogP contribution in [0.25, 0.3) is 0 Å². The van der Waals surface area contributed by atoms with Crippen molar-refractivity contribution in [2.75, 3.05) is 25.0 Å². The molecule has 0 atom stereocenters. The van der Waals surface area contributed by atoms with E-state index in [1.807, 2.05) is 0 Å². The maximum atomic E-state index is 13.0. The Labute approximate surface area is 177 Å². The van der Waals surface area contributed by atoms with E-state index >= 15 is 0 Å². The Morgan fingerprint density at radius 1 is 1.23 bits per heavy atom. The number of anilines is 1. The molecule has 2 N–H and O–H groups in total. The van der Waals surface area contributed by atoms with Crippen molar-refractivity contribution in [3.8, 4) is 0 Å². The first-order chi connectivity index (χ1) is 14.4. The lowest BCUT2D eigenvalue weighted by Gasteiger charge is -2.31. The third-order valence-electron chi connectivity index (χ3n) is 4.61. The topological polar surface area (TPSA) is 101 Å². The molecule has 2 aromatic rings. The van der Waals surface area contributed by atoms with E-state index in [-0.39, 0.29) is 24.5 Å². The Bertz CT molecular complexity index is 894. The van der Waals surface area contributed by atoms with Crippen LogP contribution in [-0.2, 0) is 16.0 Å². The van der Waals surface area contributed by atoms with E-state index in [0.717, 1.165) is 0 Å². The zero-order chi connectivity index (χ0) is 21.5. The molecule has 0 aliphatic carbocycles. The SMILES string of the molecule is CCOC(=O)N1CCC(NC(=O)Cc2csc(NC(=O)c3ccc(F)cc3)n2)CC1. The molecular weight excluding hydrogens is 411 g/mol. The normalized spacial score (nSPS) is 14.3. The fourth-order valence-electron chi connectivity index (χ4n) is 3.08. The van der Waals surface area contributed by atoms with E-state index < -0.39 is 11.7 Å². The first kappa shape index (κ1) is 21.7. The van der Waals surface area contributed by atoms with Crippen LogP contribution in [0.1, 0.15) is 35.8 Å². The van der Waals surface area contributed by atoms with Crippen LogP contribution in [0.15, 0.2) is 29.6 Å². The number of amides is 3. The maximum absolute atomic E-state index is 13.0. The number of ether oxygens (including phenoxy) is 1. The summed E-state index contributed by atoms with van der Waals surface area (Å²) < 4.78 is 17.9. The average molecular weight is 434 g/mol. The summed E-state index contributed by atoms with van der Waals surface area (Å²) in [6, 6.07) is 5.20. The Morgan fingerprint density at radius 2 is 1.93 bits per heavy atom. The number of likely N-dealkylation sites (tertiary alicyclic amines) is 1. The number of aromatic nitrogens is 1. The van der Waals surface area contributed by atoms with Crippen molar-refractivity contribution in [3.63, 3.8) is 0 Å². The summed E-state index contributed by atoms with van der Waals surface area (Å²) in [5.74, 6) is -0.972. The second-order valence-corrected chi connectivity index (χ2v) is 7.67. The number of hydrogen-bond acceptors (Lipinski definition) is 6. The summed E-state index contributed by atoms with van der Waals surface area (Å²) >= 11 is 1.22. The number of rotatable bonds is 6. The standard InChI is InChI=1S/C20H23FN4O4S/c1-2-29-20(28)25-9-7-15(8-10-25)22-17(26)11-16-12-30-19(23-16)24-18(27)13-3-5-14(21)6-4-13/h3-6,12,15H,2,7-11H2,1H3,(H,22,26)(H,23,24,27). The fraction of sp³-hybridized carbons (Fsp3) is 0.400. The van der Waals surface area contributed by atoms with E-state index in [1.54, 1.807) is 17.2 Å². The lowest BCUT2D eigenvalue weighted by Crippen LogP contribution is -2.47. The van der Waals surface area contributed by atoms with E-state index in [1.165, 1.54) is 35.6 Å². The first-order valence-electron chi connectivity index (χ1n) is 9.67. The molecule has 1 aromatic carbocycles. The summed E-state index contributed by atoms with van der Waals surface area (Å²) in [7, 11) is 0. The highest BCUT2D eigenvalue weighted by Gasteiger charge is 2.24. The summed E-state index contributed by atoms with van der Waals surface area (Å²) in [6.45, 7) is 3.19.